The molecule has 0 aliphatic heterocycles. The number of hydrogen-bond donors (Lipinski definition) is 2. The van der Waals surface area contributed by atoms with Crippen molar-refractivity contribution in [3.63, 3.8) is 0 Å². The molecule has 0 radical (unpaired) electrons. The molecule has 6 heteroatoms. The fourth-order valence-corrected chi connectivity index (χ4v) is 2.82. The molecule has 1 heterocycles. The minimum Gasteiger partial charge on any atom is -0.355 e. The lowest BCUT2D eigenvalue weighted by atomic mass is 10.3. The first-order valence-corrected chi connectivity index (χ1v) is 6.90. The first-order chi connectivity index (χ1) is 8.69. The predicted molar refractivity (Wildman–Crippen MR) is 75.0 cm³/mol. The van der Waals surface area contributed by atoms with Crippen molar-refractivity contribution in [1.82, 2.24) is 10.3 Å². The number of amides is 1. The van der Waals surface area contributed by atoms with Crippen molar-refractivity contribution in [2.75, 3.05) is 13.1 Å². The van der Waals surface area contributed by atoms with Gasteiger partial charge in [-0.2, -0.15) is 0 Å². The van der Waals surface area contributed by atoms with Gasteiger partial charge in [-0.05, 0) is 18.2 Å². The highest BCUT2D eigenvalue weighted by atomic mass is 35.5. The van der Waals surface area contributed by atoms with E-state index in [-0.39, 0.29) is 5.91 Å². The predicted octanol–water partition coefficient (Wildman–Crippen LogP) is 1.96. The fourth-order valence-electron chi connectivity index (χ4n) is 1.57. The molecule has 1 aromatic carbocycles. The van der Waals surface area contributed by atoms with Crippen molar-refractivity contribution >= 4 is 39.1 Å². The Hall–Kier alpha value is -1.17. The van der Waals surface area contributed by atoms with Gasteiger partial charge in [-0.1, -0.05) is 11.6 Å². The second kappa shape index (κ2) is 6.13. The fraction of sp³-hybridized carbons (Fsp3) is 0.333. The number of rotatable bonds is 5. The van der Waals surface area contributed by atoms with Crippen LogP contribution in [-0.2, 0) is 11.2 Å². The van der Waals surface area contributed by atoms with Gasteiger partial charge in [0.1, 0.15) is 0 Å². The lowest BCUT2D eigenvalue weighted by molar-refractivity contribution is -0.120. The van der Waals surface area contributed by atoms with Gasteiger partial charge >= 0.3 is 0 Å². The smallest absolute Gasteiger partial charge is 0.220 e. The average molecular weight is 284 g/mol. The molecule has 0 bridgehead atoms. The third kappa shape index (κ3) is 3.41. The normalized spacial score (nSPS) is 10.8. The molecule has 1 amide bonds. The van der Waals surface area contributed by atoms with Crippen LogP contribution in [0.5, 0.6) is 0 Å². The number of halogens is 1. The number of aromatic nitrogens is 1. The van der Waals surface area contributed by atoms with Gasteiger partial charge in [0, 0.05) is 31.0 Å². The number of thiazole rings is 1. The molecule has 0 atom stereocenters. The summed E-state index contributed by atoms with van der Waals surface area (Å²) in [4.78, 5) is 15.9. The highest BCUT2D eigenvalue weighted by Gasteiger charge is 2.07. The summed E-state index contributed by atoms with van der Waals surface area (Å²) in [6, 6.07) is 5.61. The number of nitrogens with two attached hydrogens (primary N) is 1. The maximum Gasteiger partial charge on any atom is 0.220 e. The number of nitrogens with one attached hydrogen (secondary N) is 1. The van der Waals surface area contributed by atoms with Crippen LogP contribution in [0.3, 0.4) is 0 Å². The summed E-state index contributed by atoms with van der Waals surface area (Å²) in [7, 11) is 0. The molecule has 0 spiro atoms. The summed E-state index contributed by atoms with van der Waals surface area (Å²) in [5.74, 6) is 0.0118. The van der Waals surface area contributed by atoms with E-state index in [1.807, 2.05) is 18.2 Å². The number of carbonyl (C=O) groups is 1. The lowest BCUT2D eigenvalue weighted by Crippen LogP contribution is -2.29. The molecule has 18 heavy (non-hydrogen) atoms. The molecule has 2 rings (SSSR count). The van der Waals surface area contributed by atoms with E-state index in [1.54, 1.807) is 11.3 Å². The molecule has 0 aliphatic rings. The van der Waals surface area contributed by atoms with Crippen molar-refractivity contribution in [3.05, 3.63) is 28.2 Å². The molecule has 0 saturated heterocycles. The van der Waals surface area contributed by atoms with E-state index in [2.05, 4.69) is 10.3 Å². The molecule has 0 saturated carbocycles. The first kappa shape index (κ1) is 13.3. The van der Waals surface area contributed by atoms with Gasteiger partial charge in [-0.3, -0.25) is 4.79 Å². The van der Waals surface area contributed by atoms with Gasteiger partial charge < -0.3 is 11.1 Å². The van der Waals surface area contributed by atoms with Gasteiger partial charge in [0.15, 0.2) is 0 Å². The quantitative estimate of drug-likeness (QED) is 0.881. The number of fused-ring (bicyclic) bond motifs is 1. The summed E-state index contributed by atoms with van der Waals surface area (Å²) in [5, 5.41) is 4.40. The van der Waals surface area contributed by atoms with Crippen molar-refractivity contribution in [2.45, 2.75) is 12.8 Å². The van der Waals surface area contributed by atoms with E-state index in [9.17, 15) is 4.79 Å². The number of aryl methyl sites for hydroxylation is 1. The Balaban J connectivity index is 1.97. The molecular formula is C12H14ClN3OS. The lowest BCUT2D eigenvalue weighted by Gasteiger charge is -2.00. The number of hydrogen-bond acceptors (Lipinski definition) is 4. The maximum atomic E-state index is 11.4. The van der Waals surface area contributed by atoms with Crippen molar-refractivity contribution in [3.8, 4) is 0 Å². The Morgan fingerprint density at radius 2 is 2.33 bits per heavy atom. The molecule has 3 N–H and O–H groups in total. The van der Waals surface area contributed by atoms with E-state index < -0.39 is 0 Å². The van der Waals surface area contributed by atoms with Crippen LogP contribution in [0.4, 0.5) is 0 Å². The zero-order chi connectivity index (χ0) is 13.0. The van der Waals surface area contributed by atoms with Crippen molar-refractivity contribution in [2.24, 2.45) is 5.73 Å². The standard InChI is InChI=1S/C12H14ClN3OS/c13-8-1-2-9-10(7-8)18-12(16-9)4-3-11(17)15-6-5-14/h1-2,7H,3-6,14H2,(H,15,17). The monoisotopic (exact) mass is 283 g/mol. The Kier molecular flexibility index (Phi) is 4.52. The second-order valence-electron chi connectivity index (χ2n) is 3.86. The third-order valence-electron chi connectivity index (χ3n) is 2.43. The van der Waals surface area contributed by atoms with E-state index in [1.165, 1.54) is 0 Å². The Morgan fingerprint density at radius 3 is 3.11 bits per heavy atom. The molecule has 1 aromatic heterocycles. The van der Waals surface area contributed by atoms with Crippen LogP contribution < -0.4 is 11.1 Å². The Labute approximate surface area is 114 Å². The minimum absolute atomic E-state index is 0.0118. The molecule has 96 valence electrons. The zero-order valence-corrected chi connectivity index (χ0v) is 11.4. The number of carbonyl (C=O) groups excluding carboxylic acids is 1. The van der Waals surface area contributed by atoms with Crippen LogP contribution in [0.15, 0.2) is 18.2 Å². The Bertz CT molecular complexity index is 555. The van der Waals surface area contributed by atoms with Gasteiger partial charge in [0.25, 0.3) is 0 Å². The first-order valence-electron chi connectivity index (χ1n) is 5.71. The van der Waals surface area contributed by atoms with Crippen LogP contribution in [-0.4, -0.2) is 24.0 Å². The zero-order valence-electron chi connectivity index (χ0n) is 9.78. The molecular weight excluding hydrogens is 270 g/mol. The van der Waals surface area contributed by atoms with Crippen molar-refractivity contribution < 1.29 is 4.79 Å². The maximum absolute atomic E-state index is 11.4. The highest BCUT2D eigenvalue weighted by molar-refractivity contribution is 7.18. The SMILES string of the molecule is NCCNC(=O)CCc1nc2ccc(Cl)cc2s1. The van der Waals surface area contributed by atoms with Crippen LogP contribution >= 0.6 is 22.9 Å². The van der Waals surface area contributed by atoms with Gasteiger partial charge in [0.05, 0.1) is 15.2 Å². The summed E-state index contributed by atoms with van der Waals surface area (Å²) >= 11 is 7.49. The second-order valence-corrected chi connectivity index (χ2v) is 5.41. The molecule has 4 nitrogen and oxygen atoms in total. The van der Waals surface area contributed by atoms with E-state index in [4.69, 9.17) is 17.3 Å². The molecule has 0 aliphatic carbocycles. The Morgan fingerprint density at radius 1 is 1.50 bits per heavy atom. The summed E-state index contributed by atoms with van der Waals surface area (Å²) in [6.07, 6.45) is 1.08. The van der Waals surface area contributed by atoms with E-state index >= 15 is 0 Å². The summed E-state index contributed by atoms with van der Waals surface area (Å²) in [6.45, 7) is 0.986. The average Bonchev–Trinajstić information content (AvgIpc) is 2.75. The van der Waals surface area contributed by atoms with Crippen LogP contribution in [0.25, 0.3) is 10.2 Å². The summed E-state index contributed by atoms with van der Waals surface area (Å²) < 4.78 is 1.06. The molecule has 0 unspecified atom stereocenters. The number of nitrogens with zero attached hydrogens (tertiary/aromatic N) is 1. The molecule has 0 fully saturated rings. The van der Waals surface area contributed by atoms with Crippen LogP contribution in [0.1, 0.15) is 11.4 Å². The van der Waals surface area contributed by atoms with Gasteiger partial charge in [-0.25, -0.2) is 4.98 Å². The third-order valence-corrected chi connectivity index (χ3v) is 3.74. The topological polar surface area (TPSA) is 68.0 Å². The minimum atomic E-state index is 0.0118. The number of benzene rings is 1. The van der Waals surface area contributed by atoms with Crippen LogP contribution in [0.2, 0.25) is 5.02 Å². The largest absolute Gasteiger partial charge is 0.355 e. The van der Waals surface area contributed by atoms with Crippen LogP contribution in [0, 0.1) is 0 Å². The van der Waals surface area contributed by atoms with Gasteiger partial charge in [0.2, 0.25) is 5.91 Å². The summed E-state index contributed by atoms with van der Waals surface area (Å²) in [5.41, 5.74) is 6.24. The van der Waals surface area contributed by atoms with E-state index in [0.717, 1.165) is 15.2 Å². The van der Waals surface area contributed by atoms with Gasteiger partial charge in [-0.15, -0.1) is 11.3 Å². The van der Waals surface area contributed by atoms with Crippen molar-refractivity contribution in [1.29, 1.82) is 0 Å². The van der Waals surface area contributed by atoms with E-state index in [0.29, 0.717) is 31.0 Å². The molecule has 2 aromatic rings. The highest BCUT2D eigenvalue weighted by Crippen LogP contribution is 2.25.